The summed E-state index contributed by atoms with van der Waals surface area (Å²) in [6.07, 6.45) is 2.45. The summed E-state index contributed by atoms with van der Waals surface area (Å²) in [6, 6.07) is 7.86. The van der Waals surface area contributed by atoms with Crippen LogP contribution < -0.4 is 10.2 Å². The highest BCUT2D eigenvalue weighted by molar-refractivity contribution is 7.07. The average molecular weight is 260 g/mol. The van der Waals surface area contributed by atoms with Crippen molar-refractivity contribution in [3.63, 3.8) is 0 Å². The molecule has 0 aliphatic carbocycles. The largest absolute Gasteiger partial charge is 0.383 e. The topological polar surface area (TPSA) is 58.1 Å². The van der Waals surface area contributed by atoms with Crippen molar-refractivity contribution < 1.29 is 4.79 Å². The third-order valence-corrected chi connectivity index (χ3v) is 3.54. The molecule has 18 heavy (non-hydrogen) atoms. The first-order chi connectivity index (χ1) is 8.86. The summed E-state index contributed by atoms with van der Waals surface area (Å²) in [6.45, 7) is 1.59. The molecule has 0 bridgehead atoms. The minimum Gasteiger partial charge on any atom is -0.383 e. The van der Waals surface area contributed by atoms with E-state index in [1.165, 1.54) is 6.20 Å². The van der Waals surface area contributed by atoms with E-state index in [9.17, 15) is 4.79 Å². The normalized spacial score (nSPS) is 14.6. The van der Waals surface area contributed by atoms with E-state index in [1.807, 2.05) is 24.3 Å². The number of aromatic nitrogens is 2. The number of nitrogens with zero attached hydrogens (tertiary/aromatic N) is 3. The van der Waals surface area contributed by atoms with E-state index in [0.717, 1.165) is 35.9 Å². The fraction of sp³-hybridized carbons (Fsp3) is 0.250. The van der Waals surface area contributed by atoms with Gasteiger partial charge >= 0.3 is 0 Å². The second-order valence-electron chi connectivity index (χ2n) is 4.04. The summed E-state index contributed by atoms with van der Waals surface area (Å²) in [5.41, 5.74) is 1.93. The number of fused-ring (bicyclic) bond motifs is 1. The molecule has 0 unspecified atom stereocenters. The predicted octanol–water partition coefficient (Wildman–Crippen LogP) is 2.00. The average Bonchev–Trinajstić information content (AvgIpc) is 2.85. The van der Waals surface area contributed by atoms with Crippen LogP contribution in [0.3, 0.4) is 0 Å². The Labute approximate surface area is 109 Å². The number of nitrogens with one attached hydrogen (secondary N) is 1. The molecule has 0 spiro atoms. The van der Waals surface area contributed by atoms with Gasteiger partial charge in [0.2, 0.25) is 0 Å². The molecule has 3 rings (SSSR count). The molecule has 0 saturated carbocycles. The van der Waals surface area contributed by atoms with E-state index in [0.29, 0.717) is 11.4 Å². The molecule has 0 atom stereocenters. The van der Waals surface area contributed by atoms with Crippen LogP contribution in [0.1, 0.15) is 16.1 Å². The Morgan fingerprint density at radius 1 is 1.39 bits per heavy atom. The maximum Gasteiger partial charge on any atom is 0.271 e. The molecule has 0 fully saturated rings. The van der Waals surface area contributed by atoms with Crippen molar-refractivity contribution in [2.24, 2.45) is 0 Å². The molecular weight excluding hydrogens is 248 g/mol. The molecule has 1 N–H and O–H groups in total. The molecule has 1 amide bonds. The van der Waals surface area contributed by atoms with Gasteiger partial charge in [-0.2, -0.15) is 0 Å². The lowest BCUT2D eigenvalue weighted by atomic mass is 10.2. The van der Waals surface area contributed by atoms with E-state index in [-0.39, 0.29) is 5.91 Å². The zero-order valence-electron chi connectivity index (χ0n) is 9.67. The summed E-state index contributed by atoms with van der Waals surface area (Å²) >= 11 is 1.13. The van der Waals surface area contributed by atoms with Crippen molar-refractivity contribution in [1.29, 1.82) is 0 Å². The number of amides is 1. The van der Waals surface area contributed by atoms with Gasteiger partial charge in [-0.15, -0.1) is 5.10 Å². The highest BCUT2D eigenvalue weighted by Gasteiger charge is 2.23. The SMILES string of the molecule is O=C(c1cnns1)N1CCCNc2ccccc21. The fourth-order valence-corrected chi connectivity index (χ4v) is 2.51. The van der Waals surface area contributed by atoms with Gasteiger partial charge in [-0.25, -0.2) is 0 Å². The monoisotopic (exact) mass is 260 g/mol. The molecular formula is C12H12N4OS. The first-order valence-corrected chi connectivity index (χ1v) is 6.56. The molecule has 1 aliphatic rings. The lowest BCUT2D eigenvalue weighted by Gasteiger charge is -2.21. The van der Waals surface area contributed by atoms with Gasteiger partial charge in [0, 0.05) is 13.1 Å². The van der Waals surface area contributed by atoms with Gasteiger partial charge in [0.1, 0.15) is 4.88 Å². The number of benzene rings is 1. The van der Waals surface area contributed by atoms with E-state index in [4.69, 9.17) is 0 Å². The molecule has 2 aromatic rings. The van der Waals surface area contributed by atoms with Crippen molar-refractivity contribution in [2.75, 3.05) is 23.3 Å². The number of carbonyl (C=O) groups excluding carboxylic acids is 1. The molecule has 6 heteroatoms. The molecule has 5 nitrogen and oxygen atoms in total. The number of carbonyl (C=O) groups is 1. The molecule has 1 aliphatic heterocycles. The predicted molar refractivity (Wildman–Crippen MR) is 71.1 cm³/mol. The third-order valence-electron chi connectivity index (χ3n) is 2.89. The van der Waals surface area contributed by atoms with Crippen molar-refractivity contribution in [1.82, 2.24) is 9.59 Å². The Hall–Kier alpha value is -1.95. The maximum atomic E-state index is 12.4. The maximum absolute atomic E-state index is 12.4. The van der Waals surface area contributed by atoms with Gasteiger partial charge in [-0.3, -0.25) is 4.79 Å². The van der Waals surface area contributed by atoms with Gasteiger partial charge in [-0.05, 0) is 30.1 Å². The summed E-state index contributed by atoms with van der Waals surface area (Å²) in [5, 5.41) is 7.06. The second-order valence-corrected chi connectivity index (χ2v) is 4.82. The zero-order chi connectivity index (χ0) is 12.4. The Kier molecular flexibility index (Phi) is 2.93. The third kappa shape index (κ3) is 1.95. The van der Waals surface area contributed by atoms with Crippen LogP contribution in [0.25, 0.3) is 0 Å². The van der Waals surface area contributed by atoms with Crippen LogP contribution in [0.5, 0.6) is 0 Å². The number of anilines is 2. The van der Waals surface area contributed by atoms with Crippen LogP contribution in [0.4, 0.5) is 11.4 Å². The van der Waals surface area contributed by atoms with Gasteiger partial charge in [-0.1, -0.05) is 16.6 Å². The minimum atomic E-state index is -0.0267. The van der Waals surface area contributed by atoms with Crippen molar-refractivity contribution in [2.45, 2.75) is 6.42 Å². The molecule has 2 heterocycles. The molecule has 0 saturated heterocycles. The van der Waals surface area contributed by atoms with Crippen LogP contribution >= 0.6 is 11.5 Å². The number of rotatable bonds is 1. The van der Waals surface area contributed by atoms with Crippen molar-refractivity contribution in [3.05, 3.63) is 35.3 Å². The number of hydrogen-bond donors (Lipinski definition) is 1. The highest BCUT2D eigenvalue weighted by Crippen LogP contribution is 2.29. The quantitative estimate of drug-likeness (QED) is 0.852. The van der Waals surface area contributed by atoms with Crippen molar-refractivity contribution >= 4 is 28.8 Å². The van der Waals surface area contributed by atoms with E-state index < -0.39 is 0 Å². The molecule has 1 aromatic heterocycles. The summed E-state index contributed by atoms with van der Waals surface area (Å²) < 4.78 is 3.75. The minimum absolute atomic E-state index is 0.0267. The lowest BCUT2D eigenvalue weighted by Crippen LogP contribution is -2.30. The van der Waals surface area contributed by atoms with Crippen molar-refractivity contribution in [3.8, 4) is 0 Å². The highest BCUT2D eigenvalue weighted by atomic mass is 32.1. The smallest absolute Gasteiger partial charge is 0.271 e. The van der Waals surface area contributed by atoms with Gasteiger partial charge in [0.05, 0.1) is 17.6 Å². The number of hydrogen-bond acceptors (Lipinski definition) is 5. The summed E-state index contributed by atoms with van der Waals surface area (Å²) in [4.78, 5) is 14.8. The first-order valence-electron chi connectivity index (χ1n) is 5.78. The van der Waals surface area contributed by atoms with Crippen LogP contribution in [0.15, 0.2) is 30.5 Å². The Morgan fingerprint density at radius 2 is 2.28 bits per heavy atom. The van der Waals surface area contributed by atoms with Gasteiger partial charge < -0.3 is 10.2 Å². The van der Waals surface area contributed by atoms with E-state index in [2.05, 4.69) is 14.9 Å². The van der Waals surface area contributed by atoms with E-state index in [1.54, 1.807) is 4.90 Å². The lowest BCUT2D eigenvalue weighted by molar-refractivity contribution is 0.0991. The van der Waals surface area contributed by atoms with Crippen LogP contribution in [0.2, 0.25) is 0 Å². The van der Waals surface area contributed by atoms with Crippen LogP contribution in [0, 0.1) is 0 Å². The second kappa shape index (κ2) is 4.73. The van der Waals surface area contributed by atoms with Gasteiger partial charge in [0.25, 0.3) is 5.91 Å². The summed E-state index contributed by atoms with van der Waals surface area (Å²) in [5.74, 6) is -0.0267. The Morgan fingerprint density at radius 3 is 3.11 bits per heavy atom. The molecule has 1 aromatic carbocycles. The first kappa shape index (κ1) is 11.2. The zero-order valence-corrected chi connectivity index (χ0v) is 10.5. The Bertz CT molecular complexity index is 555. The van der Waals surface area contributed by atoms with Gasteiger partial charge in [0.15, 0.2) is 0 Å². The molecule has 0 radical (unpaired) electrons. The fourth-order valence-electron chi connectivity index (χ4n) is 2.04. The van der Waals surface area contributed by atoms with E-state index >= 15 is 0 Å². The number of para-hydroxylation sites is 2. The molecule has 92 valence electrons. The standard InChI is InChI=1S/C12H12N4OS/c17-12(11-8-14-15-18-11)16-7-3-6-13-9-4-1-2-5-10(9)16/h1-2,4-5,8,13H,3,6-7H2. The Balaban J connectivity index is 1.99. The van der Waals surface area contributed by atoms with Crippen LogP contribution in [-0.2, 0) is 0 Å². The van der Waals surface area contributed by atoms with Crippen LogP contribution in [-0.4, -0.2) is 28.6 Å². The summed E-state index contributed by atoms with van der Waals surface area (Å²) in [7, 11) is 0.